The molecule has 1 aliphatic heterocycles. The van der Waals surface area contributed by atoms with Crippen LogP contribution in [0.4, 0.5) is 4.79 Å². The van der Waals surface area contributed by atoms with Crippen LogP contribution in [-0.4, -0.2) is 42.0 Å². The van der Waals surface area contributed by atoms with Crippen LogP contribution in [0.5, 0.6) is 0 Å². The van der Waals surface area contributed by atoms with E-state index in [0.29, 0.717) is 13.1 Å². The SMILES string of the molecule is C=CCOC(=O)N1C[C@@H](S)C[C@H]1CN. The number of amides is 1. The molecule has 80 valence electrons. The Morgan fingerprint density at radius 3 is 3.07 bits per heavy atom. The van der Waals surface area contributed by atoms with Crippen molar-refractivity contribution < 1.29 is 9.53 Å². The Kier molecular flexibility index (Phi) is 4.28. The van der Waals surface area contributed by atoms with E-state index < -0.39 is 0 Å². The van der Waals surface area contributed by atoms with Crippen LogP contribution in [0.1, 0.15) is 6.42 Å². The second-order valence-electron chi connectivity index (χ2n) is 3.30. The van der Waals surface area contributed by atoms with Gasteiger partial charge in [-0.3, -0.25) is 0 Å². The summed E-state index contributed by atoms with van der Waals surface area (Å²) < 4.78 is 4.93. The van der Waals surface area contributed by atoms with Gasteiger partial charge >= 0.3 is 6.09 Å². The number of carbonyl (C=O) groups is 1. The highest BCUT2D eigenvalue weighted by molar-refractivity contribution is 7.81. The van der Waals surface area contributed by atoms with Crippen LogP contribution in [0.2, 0.25) is 0 Å². The minimum atomic E-state index is -0.322. The van der Waals surface area contributed by atoms with E-state index >= 15 is 0 Å². The van der Waals surface area contributed by atoms with Gasteiger partial charge in [-0.15, -0.1) is 0 Å². The summed E-state index contributed by atoms with van der Waals surface area (Å²) in [4.78, 5) is 13.1. The summed E-state index contributed by atoms with van der Waals surface area (Å²) in [6.45, 7) is 4.79. The molecule has 0 bridgehead atoms. The lowest BCUT2D eigenvalue weighted by Crippen LogP contribution is -2.40. The predicted octanol–water partition coefficient (Wildman–Crippen LogP) is 0.640. The third-order valence-electron chi connectivity index (χ3n) is 2.22. The average Bonchev–Trinajstić information content (AvgIpc) is 2.56. The molecule has 0 radical (unpaired) electrons. The Morgan fingerprint density at radius 1 is 1.79 bits per heavy atom. The average molecular weight is 216 g/mol. The Labute approximate surface area is 89.5 Å². The Morgan fingerprint density at radius 2 is 2.50 bits per heavy atom. The number of hydrogen-bond donors (Lipinski definition) is 2. The first-order valence-corrected chi connectivity index (χ1v) is 5.13. The third-order valence-corrected chi connectivity index (χ3v) is 2.60. The molecule has 4 nitrogen and oxygen atoms in total. The van der Waals surface area contributed by atoms with Crippen LogP contribution in [0.25, 0.3) is 0 Å². The topological polar surface area (TPSA) is 55.6 Å². The van der Waals surface area contributed by atoms with Crippen molar-refractivity contribution in [2.24, 2.45) is 5.73 Å². The quantitative estimate of drug-likeness (QED) is 0.538. The lowest BCUT2D eigenvalue weighted by atomic mass is 10.2. The Bertz CT molecular complexity index is 223. The zero-order chi connectivity index (χ0) is 10.6. The molecule has 0 aliphatic carbocycles. The van der Waals surface area contributed by atoms with Gasteiger partial charge in [-0.05, 0) is 6.42 Å². The number of thiol groups is 1. The molecule has 1 aliphatic rings. The van der Waals surface area contributed by atoms with Crippen LogP contribution in [0.3, 0.4) is 0 Å². The van der Waals surface area contributed by atoms with Gasteiger partial charge in [0.15, 0.2) is 0 Å². The third kappa shape index (κ3) is 2.65. The van der Waals surface area contributed by atoms with Gasteiger partial charge in [0.1, 0.15) is 6.61 Å². The predicted molar refractivity (Wildman–Crippen MR) is 58.5 cm³/mol. The molecule has 0 aromatic rings. The van der Waals surface area contributed by atoms with Gasteiger partial charge in [-0.2, -0.15) is 12.6 Å². The van der Waals surface area contributed by atoms with E-state index in [1.807, 2.05) is 0 Å². The molecule has 0 aromatic heterocycles. The summed E-state index contributed by atoms with van der Waals surface area (Å²) in [7, 11) is 0. The number of nitrogens with zero attached hydrogens (tertiary/aromatic N) is 1. The van der Waals surface area contributed by atoms with Crippen molar-refractivity contribution in [1.82, 2.24) is 4.90 Å². The summed E-state index contributed by atoms with van der Waals surface area (Å²) in [5, 5.41) is 0.208. The van der Waals surface area contributed by atoms with Crippen molar-refractivity contribution in [3.8, 4) is 0 Å². The van der Waals surface area contributed by atoms with Crippen molar-refractivity contribution >= 4 is 18.7 Å². The van der Waals surface area contributed by atoms with E-state index in [9.17, 15) is 4.79 Å². The number of nitrogens with two attached hydrogens (primary N) is 1. The summed E-state index contributed by atoms with van der Waals surface area (Å²) >= 11 is 4.33. The summed E-state index contributed by atoms with van der Waals surface area (Å²) in [6.07, 6.45) is 2.06. The van der Waals surface area contributed by atoms with Crippen LogP contribution >= 0.6 is 12.6 Å². The molecule has 1 heterocycles. The Balaban J connectivity index is 2.48. The Hall–Kier alpha value is -0.680. The van der Waals surface area contributed by atoms with Gasteiger partial charge in [-0.1, -0.05) is 12.7 Å². The van der Waals surface area contributed by atoms with E-state index in [0.717, 1.165) is 6.42 Å². The highest BCUT2D eigenvalue weighted by Gasteiger charge is 2.33. The van der Waals surface area contributed by atoms with Crippen molar-refractivity contribution in [3.05, 3.63) is 12.7 Å². The molecule has 5 heteroatoms. The minimum Gasteiger partial charge on any atom is -0.445 e. The maximum absolute atomic E-state index is 11.5. The molecule has 0 unspecified atom stereocenters. The molecule has 1 amide bonds. The van der Waals surface area contributed by atoms with Gasteiger partial charge in [0.2, 0.25) is 0 Å². The van der Waals surface area contributed by atoms with E-state index in [1.165, 1.54) is 0 Å². The fourth-order valence-electron chi connectivity index (χ4n) is 1.55. The van der Waals surface area contributed by atoms with Crippen LogP contribution in [0, 0.1) is 0 Å². The van der Waals surface area contributed by atoms with E-state index in [2.05, 4.69) is 19.2 Å². The minimum absolute atomic E-state index is 0.0646. The molecule has 2 N–H and O–H groups in total. The highest BCUT2D eigenvalue weighted by atomic mass is 32.1. The maximum Gasteiger partial charge on any atom is 0.410 e. The molecule has 1 saturated heterocycles. The summed E-state index contributed by atoms with van der Waals surface area (Å²) in [5.41, 5.74) is 5.55. The molecule has 2 atom stereocenters. The standard InChI is InChI=1S/C9H16N2O2S/c1-2-3-13-9(12)11-6-8(14)4-7(11)5-10/h2,7-8,14H,1,3-6,10H2/t7-,8-/m0/s1. The lowest BCUT2D eigenvalue weighted by molar-refractivity contribution is 0.109. The fraction of sp³-hybridized carbons (Fsp3) is 0.667. The fourth-order valence-corrected chi connectivity index (χ4v) is 1.97. The van der Waals surface area contributed by atoms with Crippen LogP contribution in [0.15, 0.2) is 12.7 Å². The number of likely N-dealkylation sites (tertiary alicyclic amines) is 1. The molecule has 1 fully saturated rings. The van der Waals surface area contributed by atoms with Crippen LogP contribution < -0.4 is 5.73 Å². The molecular weight excluding hydrogens is 200 g/mol. The first kappa shape index (κ1) is 11.4. The zero-order valence-corrected chi connectivity index (χ0v) is 8.95. The van der Waals surface area contributed by atoms with Gasteiger partial charge < -0.3 is 15.4 Å². The number of hydrogen-bond acceptors (Lipinski definition) is 4. The molecular formula is C9H16N2O2S. The van der Waals surface area contributed by atoms with Crippen molar-refractivity contribution in [1.29, 1.82) is 0 Å². The van der Waals surface area contributed by atoms with E-state index in [4.69, 9.17) is 10.5 Å². The number of carbonyl (C=O) groups excluding carboxylic acids is 1. The smallest absolute Gasteiger partial charge is 0.410 e. The van der Waals surface area contributed by atoms with Gasteiger partial charge in [0.05, 0.1) is 0 Å². The van der Waals surface area contributed by atoms with Gasteiger partial charge in [0, 0.05) is 24.4 Å². The maximum atomic E-state index is 11.5. The van der Waals surface area contributed by atoms with Crippen molar-refractivity contribution in [2.45, 2.75) is 17.7 Å². The van der Waals surface area contributed by atoms with Gasteiger partial charge in [-0.25, -0.2) is 4.79 Å². The van der Waals surface area contributed by atoms with Crippen LogP contribution in [-0.2, 0) is 4.74 Å². The first-order valence-electron chi connectivity index (χ1n) is 4.61. The van der Waals surface area contributed by atoms with E-state index in [-0.39, 0.29) is 24.0 Å². The number of rotatable bonds is 3. The second kappa shape index (κ2) is 5.26. The molecule has 1 rings (SSSR count). The zero-order valence-electron chi connectivity index (χ0n) is 8.06. The van der Waals surface area contributed by atoms with Crippen molar-refractivity contribution in [2.75, 3.05) is 19.7 Å². The number of ether oxygens (including phenoxy) is 1. The highest BCUT2D eigenvalue weighted by Crippen LogP contribution is 2.21. The molecule has 0 saturated carbocycles. The summed E-state index contributed by atoms with van der Waals surface area (Å²) in [5.74, 6) is 0. The first-order chi connectivity index (χ1) is 6.69. The normalized spacial score (nSPS) is 26.3. The second-order valence-corrected chi connectivity index (χ2v) is 4.03. The van der Waals surface area contributed by atoms with Crippen molar-refractivity contribution in [3.63, 3.8) is 0 Å². The largest absolute Gasteiger partial charge is 0.445 e. The summed E-state index contributed by atoms with van der Waals surface area (Å²) in [6, 6.07) is 0.0646. The monoisotopic (exact) mass is 216 g/mol. The lowest BCUT2D eigenvalue weighted by Gasteiger charge is -2.22. The molecule has 0 spiro atoms. The van der Waals surface area contributed by atoms with Gasteiger partial charge in [0.25, 0.3) is 0 Å². The molecule has 14 heavy (non-hydrogen) atoms. The van der Waals surface area contributed by atoms with E-state index in [1.54, 1.807) is 11.0 Å². The molecule has 0 aromatic carbocycles.